The molecular weight excluding hydrogens is 238 g/mol. The van der Waals surface area contributed by atoms with E-state index < -0.39 is 0 Å². The quantitative estimate of drug-likeness (QED) is 0.798. The minimum Gasteiger partial charge on any atom is -0.347 e. The molecular formula is C15H15N3O. The van der Waals surface area contributed by atoms with Crippen molar-refractivity contribution in [1.29, 1.82) is 0 Å². The summed E-state index contributed by atoms with van der Waals surface area (Å²) >= 11 is 0. The summed E-state index contributed by atoms with van der Waals surface area (Å²) < 4.78 is 1.77. The highest BCUT2D eigenvalue weighted by Gasteiger charge is 2.10. The number of hydrogen-bond donors (Lipinski definition) is 2. The van der Waals surface area contributed by atoms with E-state index in [2.05, 4.69) is 17.2 Å². The van der Waals surface area contributed by atoms with Gasteiger partial charge in [-0.25, -0.2) is 0 Å². The fourth-order valence-electron chi connectivity index (χ4n) is 1.73. The molecule has 0 unspecified atom stereocenters. The third-order valence-corrected chi connectivity index (χ3v) is 2.68. The van der Waals surface area contributed by atoms with Crippen molar-refractivity contribution in [3.05, 3.63) is 53.9 Å². The number of nitrogens with two attached hydrogens (primary N) is 1. The number of anilines is 1. The molecule has 2 rings (SSSR count). The summed E-state index contributed by atoms with van der Waals surface area (Å²) in [5, 5.41) is 2.86. The van der Waals surface area contributed by atoms with Gasteiger partial charge in [0.15, 0.2) is 0 Å². The summed E-state index contributed by atoms with van der Waals surface area (Å²) in [4.78, 5) is 12.1. The van der Waals surface area contributed by atoms with E-state index in [-0.39, 0.29) is 5.91 Å². The molecule has 0 aliphatic heterocycles. The second kappa shape index (κ2) is 5.89. The van der Waals surface area contributed by atoms with E-state index in [1.165, 1.54) is 0 Å². The third-order valence-electron chi connectivity index (χ3n) is 2.68. The SMILES string of the molecule is Cn1cccc1C(=O)Nc1ccccc1C#CCN. The van der Waals surface area contributed by atoms with E-state index in [4.69, 9.17) is 5.73 Å². The number of rotatable bonds is 2. The molecule has 0 aliphatic rings. The van der Waals surface area contributed by atoms with Crippen molar-refractivity contribution in [2.24, 2.45) is 12.8 Å². The molecule has 4 nitrogen and oxygen atoms in total. The number of benzene rings is 1. The molecule has 0 spiro atoms. The van der Waals surface area contributed by atoms with Crippen LogP contribution in [-0.2, 0) is 7.05 Å². The zero-order valence-corrected chi connectivity index (χ0v) is 10.7. The van der Waals surface area contributed by atoms with Crippen molar-refractivity contribution in [1.82, 2.24) is 4.57 Å². The Hall–Kier alpha value is -2.51. The maximum Gasteiger partial charge on any atom is 0.272 e. The fourth-order valence-corrected chi connectivity index (χ4v) is 1.73. The standard InChI is InChI=1S/C15H15N3O/c1-18-11-5-9-14(18)15(19)17-13-8-3-2-6-12(13)7-4-10-16/h2-3,5-6,8-9,11H,10,16H2,1H3,(H,17,19). The summed E-state index contributed by atoms with van der Waals surface area (Å²) in [6, 6.07) is 11.0. The van der Waals surface area contributed by atoms with Gasteiger partial charge in [-0.2, -0.15) is 0 Å². The molecule has 96 valence electrons. The van der Waals surface area contributed by atoms with Crippen LogP contribution in [0.15, 0.2) is 42.6 Å². The van der Waals surface area contributed by atoms with Crippen molar-refractivity contribution >= 4 is 11.6 Å². The summed E-state index contributed by atoms with van der Waals surface area (Å²) in [5.74, 6) is 5.57. The Labute approximate surface area is 112 Å². The van der Waals surface area contributed by atoms with Gasteiger partial charge in [-0.3, -0.25) is 4.79 Å². The molecule has 2 aromatic rings. The number of nitrogens with one attached hydrogen (secondary N) is 1. The molecule has 4 heteroatoms. The van der Waals surface area contributed by atoms with E-state index in [1.54, 1.807) is 10.6 Å². The van der Waals surface area contributed by atoms with Crippen LogP contribution in [0.3, 0.4) is 0 Å². The predicted molar refractivity (Wildman–Crippen MR) is 75.7 cm³/mol. The van der Waals surface area contributed by atoms with Gasteiger partial charge in [0.1, 0.15) is 5.69 Å². The number of aryl methyl sites for hydroxylation is 1. The van der Waals surface area contributed by atoms with Crippen LogP contribution in [0.1, 0.15) is 16.1 Å². The molecule has 0 saturated heterocycles. The highest BCUT2D eigenvalue weighted by atomic mass is 16.1. The second-order valence-electron chi connectivity index (χ2n) is 4.01. The highest BCUT2D eigenvalue weighted by molar-refractivity contribution is 6.03. The molecule has 0 fully saturated rings. The fraction of sp³-hybridized carbons (Fsp3) is 0.133. The number of carbonyl (C=O) groups excluding carboxylic acids is 1. The van der Waals surface area contributed by atoms with Crippen molar-refractivity contribution < 1.29 is 4.79 Å². The van der Waals surface area contributed by atoms with Gasteiger partial charge in [-0.1, -0.05) is 24.0 Å². The number of aromatic nitrogens is 1. The van der Waals surface area contributed by atoms with Crippen molar-refractivity contribution in [2.45, 2.75) is 0 Å². The molecule has 1 amide bonds. The van der Waals surface area contributed by atoms with Gasteiger partial charge >= 0.3 is 0 Å². The number of para-hydroxylation sites is 1. The van der Waals surface area contributed by atoms with Gasteiger partial charge in [0.2, 0.25) is 0 Å². The van der Waals surface area contributed by atoms with E-state index >= 15 is 0 Å². The van der Waals surface area contributed by atoms with Crippen molar-refractivity contribution in [3.63, 3.8) is 0 Å². The first-order chi connectivity index (χ1) is 9.22. The van der Waals surface area contributed by atoms with E-state index in [9.17, 15) is 4.79 Å². The lowest BCUT2D eigenvalue weighted by molar-refractivity contribution is 0.101. The van der Waals surface area contributed by atoms with Gasteiger partial charge < -0.3 is 15.6 Å². The molecule has 0 saturated carbocycles. The number of nitrogens with zero attached hydrogens (tertiary/aromatic N) is 1. The molecule has 0 bridgehead atoms. The van der Waals surface area contributed by atoms with Gasteiger partial charge in [0.05, 0.1) is 12.2 Å². The average Bonchev–Trinajstić information content (AvgIpc) is 2.84. The third kappa shape index (κ3) is 3.03. The lowest BCUT2D eigenvalue weighted by Gasteiger charge is -2.08. The molecule has 0 atom stereocenters. The first-order valence-corrected chi connectivity index (χ1v) is 5.93. The Morgan fingerprint density at radius 1 is 1.32 bits per heavy atom. The second-order valence-corrected chi connectivity index (χ2v) is 4.01. The minimum absolute atomic E-state index is 0.158. The van der Waals surface area contributed by atoms with Crippen LogP contribution in [0.25, 0.3) is 0 Å². The summed E-state index contributed by atoms with van der Waals surface area (Å²) in [7, 11) is 1.83. The summed E-state index contributed by atoms with van der Waals surface area (Å²) in [6.45, 7) is 0.292. The maximum absolute atomic E-state index is 12.1. The molecule has 3 N–H and O–H groups in total. The largest absolute Gasteiger partial charge is 0.347 e. The van der Waals surface area contributed by atoms with Crippen LogP contribution in [0, 0.1) is 11.8 Å². The van der Waals surface area contributed by atoms with Gasteiger partial charge in [0, 0.05) is 18.8 Å². The molecule has 0 radical (unpaired) electrons. The Kier molecular flexibility index (Phi) is 4.01. The van der Waals surface area contributed by atoms with Gasteiger partial charge in [0.25, 0.3) is 5.91 Å². The van der Waals surface area contributed by atoms with Crippen LogP contribution in [-0.4, -0.2) is 17.0 Å². The van der Waals surface area contributed by atoms with E-state index in [0.29, 0.717) is 17.9 Å². The number of hydrogen-bond acceptors (Lipinski definition) is 2. The van der Waals surface area contributed by atoms with Crippen molar-refractivity contribution in [2.75, 3.05) is 11.9 Å². The lowest BCUT2D eigenvalue weighted by Crippen LogP contribution is -2.16. The first-order valence-electron chi connectivity index (χ1n) is 5.93. The van der Waals surface area contributed by atoms with Gasteiger partial charge in [-0.15, -0.1) is 0 Å². The zero-order valence-electron chi connectivity index (χ0n) is 10.7. The van der Waals surface area contributed by atoms with Crippen LogP contribution in [0.2, 0.25) is 0 Å². The molecule has 1 heterocycles. The van der Waals surface area contributed by atoms with Crippen molar-refractivity contribution in [3.8, 4) is 11.8 Å². The predicted octanol–water partition coefficient (Wildman–Crippen LogP) is 1.59. The Balaban J connectivity index is 2.24. The van der Waals surface area contributed by atoms with Crippen LogP contribution >= 0.6 is 0 Å². The normalized spacial score (nSPS) is 9.58. The Morgan fingerprint density at radius 3 is 2.79 bits per heavy atom. The van der Waals surface area contributed by atoms with E-state index in [1.807, 2.05) is 43.6 Å². The maximum atomic E-state index is 12.1. The molecule has 1 aromatic carbocycles. The first kappa shape index (κ1) is 12.9. The monoisotopic (exact) mass is 253 g/mol. The van der Waals surface area contributed by atoms with Crippen LogP contribution in [0.4, 0.5) is 5.69 Å². The molecule has 0 aliphatic carbocycles. The lowest BCUT2D eigenvalue weighted by atomic mass is 10.1. The van der Waals surface area contributed by atoms with E-state index in [0.717, 1.165) is 5.56 Å². The average molecular weight is 253 g/mol. The smallest absolute Gasteiger partial charge is 0.272 e. The Morgan fingerprint density at radius 2 is 2.11 bits per heavy atom. The zero-order chi connectivity index (χ0) is 13.7. The van der Waals surface area contributed by atoms with Gasteiger partial charge in [-0.05, 0) is 24.3 Å². The molecule has 1 aromatic heterocycles. The van der Waals surface area contributed by atoms with Crippen LogP contribution < -0.4 is 11.1 Å². The number of amides is 1. The topological polar surface area (TPSA) is 60.0 Å². The highest BCUT2D eigenvalue weighted by Crippen LogP contribution is 2.15. The summed E-state index contributed by atoms with van der Waals surface area (Å²) in [6.07, 6.45) is 1.83. The minimum atomic E-state index is -0.158. The Bertz CT molecular complexity index is 647. The summed E-state index contributed by atoms with van der Waals surface area (Å²) in [5.41, 5.74) is 7.41. The number of carbonyl (C=O) groups is 1. The molecule has 19 heavy (non-hydrogen) atoms. The van der Waals surface area contributed by atoms with Crippen LogP contribution in [0.5, 0.6) is 0 Å².